The highest BCUT2D eigenvalue weighted by atomic mass is 16.5. The van der Waals surface area contributed by atoms with Crippen molar-refractivity contribution >= 4 is 11.9 Å². The van der Waals surface area contributed by atoms with Crippen molar-refractivity contribution in [2.75, 3.05) is 65.6 Å². The molecule has 22 heavy (non-hydrogen) atoms. The molecule has 3 fully saturated rings. The summed E-state index contributed by atoms with van der Waals surface area (Å²) in [6, 6.07) is -0.112. The van der Waals surface area contributed by atoms with Crippen LogP contribution in [-0.2, 0) is 9.53 Å². The SMILES string of the molecule is O=C(CN1CCCNC1=O)N1CCN(CC2CCOC2)CC1. The molecule has 0 bridgehead atoms. The summed E-state index contributed by atoms with van der Waals surface area (Å²) in [4.78, 5) is 29.9. The van der Waals surface area contributed by atoms with Crippen molar-refractivity contribution in [1.29, 1.82) is 0 Å². The highest BCUT2D eigenvalue weighted by Crippen LogP contribution is 2.15. The molecule has 1 atom stereocenters. The van der Waals surface area contributed by atoms with Gasteiger partial charge in [-0.1, -0.05) is 0 Å². The van der Waals surface area contributed by atoms with Crippen LogP contribution in [0.15, 0.2) is 0 Å². The number of hydrogen-bond donors (Lipinski definition) is 1. The first kappa shape index (κ1) is 15.6. The fourth-order valence-electron chi connectivity index (χ4n) is 3.37. The third-order valence-corrected chi connectivity index (χ3v) is 4.76. The summed E-state index contributed by atoms with van der Waals surface area (Å²) >= 11 is 0. The summed E-state index contributed by atoms with van der Waals surface area (Å²) in [5, 5.41) is 2.78. The Morgan fingerprint density at radius 3 is 2.73 bits per heavy atom. The molecule has 3 aliphatic rings. The molecular weight excluding hydrogens is 284 g/mol. The molecule has 7 heteroatoms. The Labute approximate surface area is 131 Å². The highest BCUT2D eigenvalue weighted by Gasteiger charge is 2.27. The second-order valence-electron chi connectivity index (χ2n) is 6.42. The van der Waals surface area contributed by atoms with E-state index in [0.717, 1.165) is 58.8 Å². The van der Waals surface area contributed by atoms with E-state index in [9.17, 15) is 9.59 Å². The molecule has 0 radical (unpaired) electrons. The Balaban J connectivity index is 1.40. The number of rotatable bonds is 4. The Morgan fingerprint density at radius 1 is 1.23 bits per heavy atom. The largest absolute Gasteiger partial charge is 0.381 e. The molecule has 3 amide bonds. The molecule has 0 aliphatic carbocycles. The molecule has 0 aromatic carbocycles. The van der Waals surface area contributed by atoms with Crippen LogP contribution in [0.25, 0.3) is 0 Å². The van der Waals surface area contributed by atoms with E-state index in [-0.39, 0.29) is 18.5 Å². The smallest absolute Gasteiger partial charge is 0.317 e. The standard InChI is InChI=1S/C15H26N4O3/c20-14(11-19-4-1-3-16-15(19)21)18-7-5-17(6-8-18)10-13-2-9-22-12-13/h13H,1-12H2,(H,16,21). The normalized spacial score (nSPS) is 27.1. The number of amides is 3. The second kappa shape index (κ2) is 7.28. The first-order chi connectivity index (χ1) is 10.7. The summed E-state index contributed by atoms with van der Waals surface area (Å²) in [7, 11) is 0. The van der Waals surface area contributed by atoms with E-state index in [2.05, 4.69) is 10.2 Å². The number of urea groups is 1. The molecule has 0 spiro atoms. The zero-order chi connectivity index (χ0) is 15.4. The van der Waals surface area contributed by atoms with Crippen LogP contribution in [0.5, 0.6) is 0 Å². The van der Waals surface area contributed by atoms with Crippen LogP contribution in [0.3, 0.4) is 0 Å². The molecule has 0 aromatic heterocycles. The number of ether oxygens (including phenoxy) is 1. The van der Waals surface area contributed by atoms with Crippen LogP contribution < -0.4 is 5.32 Å². The minimum Gasteiger partial charge on any atom is -0.381 e. The van der Waals surface area contributed by atoms with Crippen molar-refractivity contribution in [2.24, 2.45) is 5.92 Å². The lowest BCUT2D eigenvalue weighted by Gasteiger charge is -2.37. The van der Waals surface area contributed by atoms with E-state index >= 15 is 0 Å². The lowest BCUT2D eigenvalue weighted by Crippen LogP contribution is -2.54. The summed E-state index contributed by atoms with van der Waals surface area (Å²) in [5.41, 5.74) is 0. The fraction of sp³-hybridized carbons (Fsp3) is 0.867. The summed E-state index contributed by atoms with van der Waals surface area (Å²) in [6.45, 7) is 7.84. The minimum absolute atomic E-state index is 0.0703. The molecule has 0 saturated carbocycles. The minimum atomic E-state index is -0.112. The molecule has 0 aromatic rings. The molecule has 7 nitrogen and oxygen atoms in total. The molecule has 1 N–H and O–H groups in total. The third kappa shape index (κ3) is 3.89. The third-order valence-electron chi connectivity index (χ3n) is 4.76. The molecule has 124 valence electrons. The van der Waals surface area contributed by atoms with Crippen LogP contribution >= 0.6 is 0 Å². The lowest BCUT2D eigenvalue weighted by atomic mass is 10.1. The van der Waals surface area contributed by atoms with Crippen molar-refractivity contribution in [1.82, 2.24) is 20.0 Å². The van der Waals surface area contributed by atoms with Gasteiger partial charge in [0.1, 0.15) is 6.54 Å². The maximum atomic E-state index is 12.3. The van der Waals surface area contributed by atoms with Crippen LogP contribution in [0, 0.1) is 5.92 Å². The molecule has 3 aliphatic heterocycles. The summed E-state index contributed by atoms with van der Waals surface area (Å²) < 4.78 is 5.42. The van der Waals surface area contributed by atoms with E-state index < -0.39 is 0 Å². The van der Waals surface area contributed by atoms with E-state index in [1.165, 1.54) is 0 Å². The highest BCUT2D eigenvalue weighted by molar-refractivity contribution is 5.84. The maximum Gasteiger partial charge on any atom is 0.317 e. The molecule has 3 saturated heterocycles. The molecular formula is C15H26N4O3. The Kier molecular flexibility index (Phi) is 5.15. The van der Waals surface area contributed by atoms with Gasteiger partial charge in [0.25, 0.3) is 0 Å². The van der Waals surface area contributed by atoms with Gasteiger partial charge < -0.3 is 19.9 Å². The fourth-order valence-corrected chi connectivity index (χ4v) is 3.37. The zero-order valence-corrected chi connectivity index (χ0v) is 13.1. The number of carbonyl (C=O) groups is 2. The maximum absolute atomic E-state index is 12.3. The number of piperazine rings is 1. The van der Waals surface area contributed by atoms with E-state index in [0.29, 0.717) is 19.0 Å². The summed E-state index contributed by atoms with van der Waals surface area (Å²) in [6.07, 6.45) is 2.07. The average Bonchev–Trinajstić information content (AvgIpc) is 3.03. The van der Waals surface area contributed by atoms with Gasteiger partial charge in [0.15, 0.2) is 0 Å². The average molecular weight is 310 g/mol. The molecule has 1 unspecified atom stereocenters. The quantitative estimate of drug-likeness (QED) is 0.766. The molecule has 3 heterocycles. The van der Waals surface area contributed by atoms with Gasteiger partial charge in [-0.3, -0.25) is 9.69 Å². The van der Waals surface area contributed by atoms with Gasteiger partial charge in [0.2, 0.25) is 5.91 Å². The van der Waals surface area contributed by atoms with Crippen molar-refractivity contribution in [2.45, 2.75) is 12.8 Å². The van der Waals surface area contributed by atoms with E-state index in [4.69, 9.17) is 4.74 Å². The van der Waals surface area contributed by atoms with Gasteiger partial charge in [-0.15, -0.1) is 0 Å². The number of nitrogens with one attached hydrogen (secondary N) is 1. The Hall–Kier alpha value is -1.34. The Bertz CT molecular complexity index is 404. The Morgan fingerprint density at radius 2 is 2.05 bits per heavy atom. The van der Waals surface area contributed by atoms with E-state index in [1.807, 2.05) is 4.90 Å². The van der Waals surface area contributed by atoms with E-state index in [1.54, 1.807) is 4.90 Å². The predicted octanol–water partition coefficient (Wildman–Crippen LogP) is -0.418. The van der Waals surface area contributed by atoms with Gasteiger partial charge in [-0.25, -0.2) is 4.79 Å². The van der Waals surface area contributed by atoms with Crippen LogP contribution in [0.1, 0.15) is 12.8 Å². The van der Waals surface area contributed by atoms with Crippen molar-refractivity contribution in [3.05, 3.63) is 0 Å². The molecule has 3 rings (SSSR count). The van der Waals surface area contributed by atoms with Crippen LogP contribution in [0.2, 0.25) is 0 Å². The van der Waals surface area contributed by atoms with Crippen molar-refractivity contribution in [3.8, 4) is 0 Å². The van der Waals surface area contributed by atoms with Gasteiger partial charge in [0, 0.05) is 52.4 Å². The van der Waals surface area contributed by atoms with Gasteiger partial charge in [0.05, 0.1) is 6.61 Å². The van der Waals surface area contributed by atoms with Crippen LogP contribution in [0.4, 0.5) is 4.79 Å². The zero-order valence-electron chi connectivity index (χ0n) is 13.1. The second-order valence-corrected chi connectivity index (χ2v) is 6.42. The van der Waals surface area contributed by atoms with Gasteiger partial charge >= 0.3 is 6.03 Å². The van der Waals surface area contributed by atoms with Crippen molar-refractivity contribution < 1.29 is 14.3 Å². The number of carbonyl (C=O) groups excluding carboxylic acids is 2. The van der Waals surface area contributed by atoms with Gasteiger partial charge in [-0.05, 0) is 18.8 Å². The number of nitrogens with zero attached hydrogens (tertiary/aromatic N) is 3. The predicted molar refractivity (Wildman–Crippen MR) is 81.5 cm³/mol. The number of hydrogen-bond acceptors (Lipinski definition) is 4. The first-order valence-electron chi connectivity index (χ1n) is 8.33. The monoisotopic (exact) mass is 310 g/mol. The van der Waals surface area contributed by atoms with Gasteiger partial charge in [-0.2, -0.15) is 0 Å². The van der Waals surface area contributed by atoms with Crippen LogP contribution in [-0.4, -0.2) is 92.2 Å². The topological polar surface area (TPSA) is 65.1 Å². The lowest BCUT2D eigenvalue weighted by molar-refractivity contribution is -0.133. The summed E-state index contributed by atoms with van der Waals surface area (Å²) in [5.74, 6) is 0.722. The first-order valence-corrected chi connectivity index (χ1v) is 8.33. The van der Waals surface area contributed by atoms with Crippen molar-refractivity contribution in [3.63, 3.8) is 0 Å².